The van der Waals surface area contributed by atoms with Crippen LogP contribution in [0.4, 0.5) is 0 Å². The van der Waals surface area contributed by atoms with Crippen molar-refractivity contribution in [3.05, 3.63) is 0 Å². The third kappa shape index (κ3) is 2.07. The molecule has 0 aromatic rings. The zero-order valence-corrected chi connectivity index (χ0v) is 4.76. The number of hydrogen-bond acceptors (Lipinski definition) is 2. The summed E-state index contributed by atoms with van der Waals surface area (Å²) in [6.07, 6.45) is 2.02. The van der Waals surface area contributed by atoms with Gasteiger partial charge in [0.05, 0.1) is 6.10 Å². The summed E-state index contributed by atoms with van der Waals surface area (Å²) in [5.41, 5.74) is 0. The van der Waals surface area contributed by atoms with Gasteiger partial charge < -0.3 is 9.42 Å². The first-order valence-corrected chi connectivity index (χ1v) is 3.45. The molecule has 1 unspecified atom stereocenters. The molecule has 0 amide bonds. The molecule has 1 atom stereocenters. The molecule has 1 N–H and O–H groups in total. The van der Waals surface area contributed by atoms with Gasteiger partial charge in [-0.05, 0) is 12.8 Å². The highest BCUT2D eigenvalue weighted by atomic mass is 31.1. The van der Waals surface area contributed by atoms with Crippen LogP contribution in [0.2, 0.25) is 0 Å². The fourth-order valence-corrected chi connectivity index (χ4v) is 0.849. The standard InChI is InChI=1S/C3H7O3P/c4-7(5)6-3-1-2-3/h3,7H,1-2H2,(H,4,5). The molecule has 0 aliphatic heterocycles. The summed E-state index contributed by atoms with van der Waals surface area (Å²) in [7, 11) is -2.62. The van der Waals surface area contributed by atoms with Crippen LogP contribution in [0.15, 0.2) is 0 Å². The van der Waals surface area contributed by atoms with E-state index in [1.807, 2.05) is 0 Å². The molecule has 0 spiro atoms. The van der Waals surface area contributed by atoms with Gasteiger partial charge in [-0.3, -0.25) is 4.57 Å². The summed E-state index contributed by atoms with van der Waals surface area (Å²) in [6.45, 7) is 0. The van der Waals surface area contributed by atoms with Gasteiger partial charge in [0.1, 0.15) is 0 Å². The third-order valence-electron chi connectivity index (χ3n) is 0.792. The third-order valence-corrected chi connectivity index (χ3v) is 1.33. The smallest absolute Gasteiger partial charge is 0.316 e. The summed E-state index contributed by atoms with van der Waals surface area (Å²) in [4.78, 5) is 8.09. The molecule has 42 valence electrons. The first kappa shape index (κ1) is 5.29. The molecule has 4 heteroatoms. The van der Waals surface area contributed by atoms with Crippen molar-refractivity contribution in [1.82, 2.24) is 0 Å². The molecule has 0 heterocycles. The average Bonchev–Trinajstić information content (AvgIpc) is 2.17. The fourth-order valence-electron chi connectivity index (χ4n) is 0.328. The Labute approximate surface area is 42.2 Å². The van der Waals surface area contributed by atoms with Crippen LogP contribution >= 0.6 is 8.25 Å². The molecular formula is C3H7O3P. The van der Waals surface area contributed by atoms with Crippen molar-refractivity contribution in [2.24, 2.45) is 0 Å². The predicted octanol–water partition coefficient (Wildman–Crippen LogP) is 0.547. The van der Waals surface area contributed by atoms with E-state index in [0.717, 1.165) is 12.8 Å². The maximum atomic E-state index is 9.81. The lowest BCUT2D eigenvalue weighted by Gasteiger charge is -1.89. The molecule has 7 heavy (non-hydrogen) atoms. The monoisotopic (exact) mass is 122 g/mol. The topological polar surface area (TPSA) is 46.5 Å². The first-order valence-electron chi connectivity index (χ1n) is 2.18. The van der Waals surface area contributed by atoms with Crippen LogP contribution in [-0.2, 0) is 9.09 Å². The van der Waals surface area contributed by atoms with Crippen LogP contribution in [0.5, 0.6) is 0 Å². The van der Waals surface area contributed by atoms with Crippen molar-refractivity contribution in [3.63, 3.8) is 0 Å². The van der Waals surface area contributed by atoms with E-state index >= 15 is 0 Å². The van der Waals surface area contributed by atoms with E-state index in [1.165, 1.54) is 0 Å². The highest BCUT2D eigenvalue weighted by Crippen LogP contribution is 2.32. The van der Waals surface area contributed by atoms with Crippen molar-refractivity contribution in [2.75, 3.05) is 0 Å². The highest BCUT2D eigenvalue weighted by molar-refractivity contribution is 7.32. The second-order valence-electron chi connectivity index (χ2n) is 1.58. The quantitative estimate of drug-likeness (QED) is 0.544. The molecule has 1 rings (SSSR count). The molecule has 1 aliphatic rings. The Bertz CT molecular complexity index is 88.2. The Balaban J connectivity index is 2.08. The van der Waals surface area contributed by atoms with Crippen molar-refractivity contribution in [2.45, 2.75) is 18.9 Å². The lowest BCUT2D eigenvalue weighted by Crippen LogP contribution is -1.78. The van der Waals surface area contributed by atoms with Gasteiger partial charge in [-0.1, -0.05) is 0 Å². The molecule has 0 aromatic heterocycles. The van der Waals surface area contributed by atoms with E-state index in [-0.39, 0.29) is 6.10 Å². The molecule has 0 radical (unpaired) electrons. The van der Waals surface area contributed by atoms with Crippen molar-refractivity contribution < 1.29 is 14.0 Å². The predicted molar refractivity (Wildman–Crippen MR) is 25.3 cm³/mol. The van der Waals surface area contributed by atoms with Gasteiger partial charge in [-0.2, -0.15) is 0 Å². The van der Waals surface area contributed by atoms with Crippen LogP contribution in [0, 0.1) is 0 Å². The minimum Gasteiger partial charge on any atom is -0.326 e. The van der Waals surface area contributed by atoms with E-state index in [0.29, 0.717) is 0 Å². The van der Waals surface area contributed by atoms with Crippen LogP contribution in [0.25, 0.3) is 0 Å². The van der Waals surface area contributed by atoms with Crippen LogP contribution in [0.3, 0.4) is 0 Å². The van der Waals surface area contributed by atoms with Crippen LogP contribution < -0.4 is 0 Å². The Hall–Kier alpha value is 0.150. The molecule has 0 aromatic carbocycles. The van der Waals surface area contributed by atoms with E-state index < -0.39 is 8.25 Å². The summed E-state index contributed by atoms with van der Waals surface area (Å²) < 4.78 is 14.3. The Kier molecular flexibility index (Phi) is 1.47. The van der Waals surface area contributed by atoms with Gasteiger partial charge in [-0.15, -0.1) is 0 Å². The minimum absolute atomic E-state index is 0.108. The van der Waals surface area contributed by atoms with E-state index in [9.17, 15) is 4.57 Å². The zero-order chi connectivity index (χ0) is 5.28. The van der Waals surface area contributed by atoms with Crippen LogP contribution in [-0.4, -0.2) is 11.0 Å². The first-order chi connectivity index (χ1) is 3.29. The highest BCUT2D eigenvalue weighted by Gasteiger charge is 2.23. The SMILES string of the molecule is O=[PH](O)OC1CC1. The molecule has 1 aliphatic carbocycles. The molecule has 1 saturated carbocycles. The lowest BCUT2D eigenvalue weighted by molar-refractivity contribution is 0.270. The zero-order valence-electron chi connectivity index (χ0n) is 3.76. The van der Waals surface area contributed by atoms with Gasteiger partial charge in [0.25, 0.3) is 0 Å². The lowest BCUT2D eigenvalue weighted by atomic mass is 10.9. The molecule has 3 nitrogen and oxygen atoms in total. The Morgan fingerprint density at radius 3 is 2.43 bits per heavy atom. The van der Waals surface area contributed by atoms with Gasteiger partial charge in [0.15, 0.2) is 0 Å². The van der Waals surface area contributed by atoms with E-state index in [2.05, 4.69) is 4.52 Å². The normalized spacial score (nSPS) is 24.7. The van der Waals surface area contributed by atoms with Crippen molar-refractivity contribution in [3.8, 4) is 0 Å². The summed E-state index contributed by atoms with van der Waals surface area (Å²) in [6, 6.07) is 0. The average molecular weight is 122 g/mol. The van der Waals surface area contributed by atoms with E-state index in [4.69, 9.17) is 4.89 Å². The van der Waals surface area contributed by atoms with Gasteiger partial charge in [0.2, 0.25) is 0 Å². The summed E-state index contributed by atoms with van der Waals surface area (Å²) in [5.74, 6) is 0. The van der Waals surface area contributed by atoms with Crippen molar-refractivity contribution >= 4 is 8.25 Å². The Morgan fingerprint density at radius 1 is 1.71 bits per heavy atom. The molecular weight excluding hydrogens is 115 g/mol. The second-order valence-corrected chi connectivity index (χ2v) is 2.35. The maximum Gasteiger partial charge on any atom is 0.316 e. The number of hydrogen-bond donors (Lipinski definition) is 1. The molecule has 0 saturated heterocycles. The van der Waals surface area contributed by atoms with Crippen LogP contribution in [0.1, 0.15) is 12.8 Å². The van der Waals surface area contributed by atoms with Gasteiger partial charge >= 0.3 is 8.25 Å². The number of rotatable bonds is 2. The largest absolute Gasteiger partial charge is 0.326 e. The molecule has 1 fully saturated rings. The fraction of sp³-hybridized carbons (Fsp3) is 1.00. The Morgan fingerprint density at radius 2 is 2.29 bits per heavy atom. The van der Waals surface area contributed by atoms with Gasteiger partial charge in [0, 0.05) is 0 Å². The van der Waals surface area contributed by atoms with Crippen molar-refractivity contribution in [1.29, 1.82) is 0 Å². The maximum absolute atomic E-state index is 9.81. The summed E-state index contributed by atoms with van der Waals surface area (Å²) >= 11 is 0. The summed E-state index contributed by atoms with van der Waals surface area (Å²) in [5, 5.41) is 0. The minimum atomic E-state index is -2.62. The second kappa shape index (κ2) is 1.95. The van der Waals surface area contributed by atoms with E-state index in [1.54, 1.807) is 0 Å². The van der Waals surface area contributed by atoms with Gasteiger partial charge in [-0.25, -0.2) is 0 Å². The molecule has 0 bridgehead atoms.